The largest absolute Gasteiger partial charge is 0.382 e. The molecule has 1 aliphatic carbocycles. The first-order valence-corrected chi connectivity index (χ1v) is 10.3. The van der Waals surface area contributed by atoms with Crippen molar-refractivity contribution in [2.24, 2.45) is 5.92 Å². The number of nitrogens with one attached hydrogen (secondary N) is 2. The van der Waals surface area contributed by atoms with Gasteiger partial charge in [-0.1, -0.05) is 31.1 Å². The van der Waals surface area contributed by atoms with Crippen LogP contribution < -0.4 is 10.0 Å². The van der Waals surface area contributed by atoms with Gasteiger partial charge >= 0.3 is 0 Å². The minimum Gasteiger partial charge on any atom is -0.382 e. The second-order valence-electron chi connectivity index (χ2n) is 6.19. The minimum absolute atomic E-state index is 0.254. The van der Waals surface area contributed by atoms with E-state index in [0.717, 1.165) is 42.7 Å². The highest BCUT2D eigenvalue weighted by molar-refractivity contribution is 7.88. The molecule has 1 aliphatic rings. The van der Waals surface area contributed by atoms with Crippen LogP contribution in [-0.4, -0.2) is 38.2 Å². The molecule has 0 amide bonds. The quantitative estimate of drug-likeness (QED) is 0.764. The molecule has 2 rings (SSSR count). The fourth-order valence-corrected chi connectivity index (χ4v) is 4.59. The van der Waals surface area contributed by atoms with Crippen LogP contribution >= 0.6 is 12.2 Å². The van der Waals surface area contributed by atoms with Crippen molar-refractivity contribution in [3.8, 4) is 0 Å². The van der Waals surface area contributed by atoms with E-state index in [1.165, 1.54) is 6.26 Å². The summed E-state index contributed by atoms with van der Waals surface area (Å²) in [6, 6.07) is 4.02. The Morgan fingerprint density at radius 2 is 2.26 bits per heavy atom. The van der Waals surface area contributed by atoms with E-state index in [9.17, 15) is 8.42 Å². The van der Waals surface area contributed by atoms with Gasteiger partial charge in [0.1, 0.15) is 0 Å². The maximum atomic E-state index is 11.3. The summed E-state index contributed by atoms with van der Waals surface area (Å²) < 4.78 is 25.3. The van der Waals surface area contributed by atoms with Crippen LogP contribution in [0.3, 0.4) is 0 Å². The Bertz CT molecular complexity index is 634. The number of thiocarbonyl (C=S) groups is 1. The Hall–Kier alpha value is -1.05. The Kier molecular flexibility index (Phi) is 6.11. The van der Waals surface area contributed by atoms with Crippen LogP contribution in [0.2, 0.25) is 0 Å². The van der Waals surface area contributed by atoms with Crippen LogP contribution in [0.25, 0.3) is 0 Å². The fraction of sp³-hybridized carbons (Fsp3) is 0.625. The Balaban J connectivity index is 2.30. The second kappa shape index (κ2) is 7.68. The van der Waals surface area contributed by atoms with Crippen molar-refractivity contribution in [1.82, 2.24) is 15.0 Å². The highest BCUT2D eigenvalue weighted by atomic mass is 32.2. The SMILES string of the molecule is CNC(=S)[C@@]1(c2cccnc2)CCCC[C@@H]1CCNS(C)(=O)=O. The predicted molar refractivity (Wildman–Crippen MR) is 97.0 cm³/mol. The first kappa shape index (κ1) is 18.3. The molecule has 0 aromatic carbocycles. The van der Waals surface area contributed by atoms with E-state index >= 15 is 0 Å². The van der Waals surface area contributed by atoms with Gasteiger partial charge in [-0.15, -0.1) is 0 Å². The molecule has 7 heteroatoms. The van der Waals surface area contributed by atoms with Crippen LogP contribution in [0.5, 0.6) is 0 Å². The Morgan fingerprint density at radius 3 is 2.87 bits per heavy atom. The monoisotopic (exact) mass is 355 g/mol. The standard InChI is InChI=1S/C16H25N3O2S2/c1-17-15(22)16(14-7-5-10-18-12-14)9-4-3-6-13(16)8-11-19-23(2,20)21/h5,7,10,12-13,19H,3-4,6,8-9,11H2,1-2H3,(H,17,22)/t13-,16+/m1/s1. The molecule has 2 atom stereocenters. The Labute approximate surface area is 144 Å². The van der Waals surface area contributed by atoms with Gasteiger partial charge in [-0.25, -0.2) is 13.1 Å². The Morgan fingerprint density at radius 1 is 1.48 bits per heavy atom. The summed E-state index contributed by atoms with van der Waals surface area (Å²) in [6.45, 7) is 0.442. The average Bonchev–Trinajstić information content (AvgIpc) is 2.54. The van der Waals surface area contributed by atoms with Gasteiger partial charge in [-0.3, -0.25) is 4.98 Å². The van der Waals surface area contributed by atoms with Gasteiger partial charge < -0.3 is 5.32 Å². The first-order chi connectivity index (χ1) is 10.9. The van der Waals surface area contributed by atoms with Crippen molar-refractivity contribution >= 4 is 27.2 Å². The normalized spacial score (nSPS) is 25.0. The van der Waals surface area contributed by atoms with E-state index in [1.54, 1.807) is 6.20 Å². The van der Waals surface area contributed by atoms with Crippen LogP contribution in [0.1, 0.15) is 37.7 Å². The highest BCUT2D eigenvalue weighted by Crippen LogP contribution is 2.45. The number of aromatic nitrogens is 1. The number of hydrogen-bond acceptors (Lipinski definition) is 4. The van der Waals surface area contributed by atoms with Crippen molar-refractivity contribution in [2.45, 2.75) is 37.5 Å². The molecule has 0 radical (unpaired) electrons. The minimum atomic E-state index is -3.16. The predicted octanol–water partition coefficient (Wildman–Crippen LogP) is 2.00. The summed E-state index contributed by atoms with van der Waals surface area (Å²) in [7, 11) is -1.30. The van der Waals surface area contributed by atoms with Crippen LogP contribution in [0.4, 0.5) is 0 Å². The molecule has 0 saturated heterocycles. The smallest absolute Gasteiger partial charge is 0.208 e. The zero-order chi connectivity index (χ0) is 16.9. The molecule has 1 aromatic heterocycles. The summed E-state index contributed by atoms with van der Waals surface area (Å²) in [5.41, 5.74) is 0.874. The van der Waals surface area contributed by atoms with E-state index < -0.39 is 10.0 Å². The van der Waals surface area contributed by atoms with E-state index in [2.05, 4.69) is 21.1 Å². The van der Waals surface area contributed by atoms with Gasteiger partial charge in [0.15, 0.2) is 0 Å². The summed E-state index contributed by atoms with van der Waals surface area (Å²) in [5.74, 6) is 0.301. The lowest BCUT2D eigenvalue weighted by atomic mass is 9.61. The van der Waals surface area contributed by atoms with E-state index in [0.29, 0.717) is 12.5 Å². The second-order valence-corrected chi connectivity index (χ2v) is 8.43. The highest BCUT2D eigenvalue weighted by Gasteiger charge is 2.45. The van der Waals surface area contributed by atoms with Crippen molar-refractivity contribution in [2.75, 3.05) is 19.8 Å². The van der Waals surface area contributed by atoms with E-state index in [4.69, 9.17) is 12.2 Å². The van der Waals surface area contributed by atoms with Crippen LogP contribution in [-0.2, 0) is 15.4 Å². The lowest BCUT2D eigenvalue weighted by molar-refractivity contribution is 0.239. The summed E-state index contributed by atoms with van der Waals surface area (Å²) in [4.78, 5) is 5.10. The maximum absolute atomic E-state index is 11.3. The van der Waals surface area contributed by atoms with E-state index in [1.807, 2.05) is 19.3 Å². The van der Waals surface area contributed by atoms with Crippen molar-refractivity contribution in [1.29, 1.82) is 0 Å². The molecule has 1 aromatic rings. The molecule has 1 heterocycles. The molecule has 2 N–H and O–H groups in total. The van der Waals surface area contributed by atoms with Crippen molar-refractivity contribution < 1.29 is 8.42 Å². The fourth-order valence-electron chi connectivity index (χ4n) is 3.71. The summed E-state index contributed by atoms with van der Waals surface area (Å²) in [5, 5.41) is 3.18. The molecule has 0 spiro atoms. The number of rotatable bonds is 6. The van der Waals surface area contributed by atoms with Crippen LogP contribution in [0, 0.1) is 5.92 Å². The van der Waals surface area contributed by atoms with Gasteiger partial charge in [0.05, 0.1) is 11.2 Å². The van der Waals surface area contributed by atoms with Gasteiger partial charge in [-0.2, -0.15) is 0 Å². The molecule has 0 unspecified atom stereocenters. The zero-order valence-electron chi connectivity index (χ0n) is 13.7. The number of pyridine rings is 1. The van der Waals surface area contributed by atoms with Gasteiger partial charge in [0.2, 0.25) is 10.0 Å². The molecule has 0 bridgehead atoms. The van der Waals surface area contributed by atoms with E-state index in [-0.39, 0.29) is 5.41 Å². The number of hydrogen-bond donors (Lipinski definition) is 2. The van der Waals surface area contributed by atoms with Gasteiger partial charge in [0, 0.05) is 31.4 Å². The molecule has 23 heavy (non-hydrogen) atoms. The topological polar surface area (TPSA) is 71.1 Å². The summed E-state index contributed by atoms with van der Waals surface area (Å²) in [6.07, 6.45) is 9.91. The molecule has 1 saturated carbocycles. The molecule has 5 nitrogen and oxygen atoms in total. The molecular weight excluding hydrogens is 330 g/mol. The number of sulfonamides is 1. The van der Waals surface area contributed by atoms with Gasteiger partial charge in [-0.05, 0) is 36.8 Å². The number of likely N-dealkylation sites (N-methyl/N-ethyl adjacent to an activating group) is 1. The third-order valence-electron chi connectivity index (χ3n) is 4.74. The maximum Gasteiger partial charge on any atom is 0.208 e. The molecular formula is C16H25N3O2S2. The third-order valence-corrected chi connectivity index (χ3v) is 6.03. The van der Waals surface area contributed by atoms with Crippen LogP contribution in [0.15, 0.2) is 24.5 Å². The average molecular weight is 356 g/mol. The lowest BCUT2D eigenvalue weighted by Crippen LogP contribution is -2.50. The first-order valence-electron chi connectivity index (χ1n) is 7.97. The van der Waals surface area contributed by atoms with Gasteiger partial charge in [0.25, 0.3) is 0 Å². The summed E-state index contributed by atoms with van der Waals surface area (Å²) >= 11 is 5.69. The number of nitrogens with zero attached hydrogens (tertiary/aromatic N) is 1. The molecule has 128 valence electrons. The lowest BCUT2D eigenvalue weighted by Gasteiger charge is -2.45. The third kappa shape index (κ3) is 4.28. The van der Waals surface area contributed by atoms with Crippen molar-refractivity contribution in [3.05, 3.63) is 30.1 Å². The molecule has 0 aliphatic heterocycles. The van der Waals surface area contributed by atoms with Crippen molar-refractivity contribution in [3.63, 3.8) is 0 Å². The zero-order valence-corrected chi connectivity index (χ0v) is 15.3. The molecule has 1 fully saturated rings.